The third-order valence-electron chi connectivity index (χ3n) is 3.31. The minimum Gasteiger partial charge on any atom is -0.351 e. The fourth-order valence-corrected chi connectivity index (χ4v) is 2.54. The zero-order valence-corrected chi connectivity index (χ0v) is 14.8. The predicted molar refractivity (Wildman–Crippen MR) is 97.8 cm³/mol. The molecule has 0 aliphatic carbocycles. The molecule has 126 valence electrons. The van der Waals surface area contributed by atoms with Crippen LogP contribution in [0.15, 0.2) is 42.7 Å². The Hall–Kier alpha value is -1.50. The van der Waals surface area contributed by atoms with Gasteiger partial charge in [-0.1, -0.05) is 30.3 Å². The van der Waals surface area contributed by atoms with Crippen molar-refractivity contribution >= 4 is 30.1 Å². The predicted octanol–water partition coefficient (Wildman–Crippen LogP) is 2.05. The highest BCUT2D eigenvalue weighted by Crippen LogP contribution is 2.04. The maximum atomic E-state index is 11.8. The van der Waals surface area contributed by atoms with Gasteiger partial charge < -0.3 is 11.1 Å². The number of benzene rings is 1. The molecule has 0 aliphatic heterocycles. The minimum absolute atomic E-state index is 0. The molecule has 2 aromatic rings. The summed E-state index contributed by atoms with van der Waals surface area (Å²) >= 11 is 1.69. The number of carbonyl (C=O) groups excluding carboxylic acids is 1. The zero-order valence-electron chi connectivity index (χ0n) is 13.1. The second-order valence-corrected chi connectivity index (χ2v) is 6.12. The van der Waals surface area contributed by atoms with E-state index in [1.807, 2.05) is 35.3 Å². The molecule has 2 rings (SSSR count). The van der Waals surface area contributed by atoms with E-state index in [0.717, 1.165) is 17.9 Å². The molecule has 0 bridgehead atoms. The molecule has 23 heavy (non-hydrogen) atoms. The molecule has 1 aromatic carbocycles. The van der Waals surface area contributed by atoms with Gasteiger partial charge in [-0.15, -0.1) is 12.4 Å². The fraction of sp³-hybridized carbons (Fsp3) is 0.375. The van der Waals surface area contributed by atoms with Gasteiger partial charge in [-0.3, -0.25) is 9.48 Å². The lowest BCUT2D eigenvalue weighted by atomic mass is 10.2. The molecule has 0 saturated carbocycles. The van der Waals surface area contributed by atoms with Crippen molar-refractivity contribution in [2.24, 2.45) is 5.73 Å². The molecule has 3 N–H and O–H groups in total. The molecule has 0 fully saturated rings. The maximum absolute atomic E-state index is 11.8. The summed E-state index contributed by atoms with van der Waals surface area (Å²) in [5.74, 6) is 0.786. The first-order chi connectivity index (χ1) is 10.7. The Morgan fingerprint density at radius 1 is 1.35 bits per heavy atom. The van der Waals surface area contributed by atoms with E-state index in [1.165, 1.54) is 5.56 Å². The van der Waals surface area contributed by atoms with E-state index >= 15 is 0 Å². The molecule has 0 unspecified atom stereocenters. The number of thioether (sulfide) groups is 1. The Labute approximate surface area is 147 Å². The van der Waals surface area contributed by atoms with E-state index in [1.54, 1.807) is 18.0 Å². The number of hydrogen-bond acceptors (Lipinski definition) is 4. The summed E-state index contributed by atoms with van der Waals surface area (Å²) in [5, 5.41) is 7.17. The van der Waals surface area contributed by atoms with Crippen molar-refractivity contribution in [2.45, 2.75) is 25.6 Å². The molecule has 7 heteroatoms. The van der Waals surface area contributed by atoms with Gasteiger partial charge in [0.1, 0.15) is 0 Å². The first-order valence-corrected chi connectivity index (χ1v) is 8.66. The van der Waals surface area contributed by atoms with Crippen LogP contribution in [-0.4, -0.2) is 33.7 Å². The zero-order chi connectivity index (χ0) is 15.8. The number of carbonyl (C=O) groups is 1. The van der Waals surface area contributed by atoms with Crippen LogP contribution in [0, 0.1) is 0 Å². The monoisotopic (exact) mass is 354 g/mol. The van der Waals surface area contributed by atoms with Gasteiger partial charge in [-0.05, 0) is 24.0 Å². The van der Waals surface area contributed by atoms with Crippen LogP contribution in [0.3, 0.4) is 0 Å². The van der Waals surface area contributed by atoms with Crippen LogP contribution >= 0.6 is 24.2 Å². The molecule has 1 aromatic heterocycles. The van der Waals surface area contributed by atoms with Crippen LogP contribution in [-0.2, 0) is 17.9 Å². The van der Waals surface area contributed by atoms with Gasteiger partial charge in [-0.25, -0.2) is 0 Å². The van der Waals surface area contributed by atoms with Crippen LogP contribution in [0.4, 0.5) is 0 Å². The molecule has 1 amide bonds. The Kier molecular flexibility index (Phi) is 8.76. The second-order valence-electron chi connectivity index (χ2n) is 5.14. The van der Waals surface area contributed by atoms with Crippen molar-refractivity contribution in [3.63, 3.8) is 0 Å². The molecule has 1 heterocycles. The van der Waals surface area contributed by atoms with Crippen LogP contribution in [0.1, 0.15) is 17.5 Å². The second kappa shape index (κ2) is 10.3. The van der Waals surface area contributed by atoms with Gasteiger partial charge in [0.2, 0.25) is 5.91 Å². The highest BCUT2D eigenvalue weighted by atomic mass is 35.5. The summed E-state index contributed by atoms with van der Waals surface area (Å²) in [7, 11) is 0. The maximum Gasteiger partial charge on any atom is 0.237 e. The number of aromatic nitrogens is 2. The van der Waals surface area contributed by atoms with Crippen molar-refractivity contribution in [2.75, 3.05) is 12.0 Å². The summed E-state index contributed by atoms with van der Waals surface area (Å²) in [6.45, 7) is 1.18. The lowest BCUT2D eigenvalue weighted by Gasteiger charge is -2.10. The normalized spacial score (nSPS) is 11.6. The molecule has 5 nitrogen and oxygen atoms in total. The van der Waals surface area contributed by atoms with E-state index in [-0.39, 0.29) is 18.3 Å². The Balaban J connectivity index is 0.00000264. The van der Waals surface area contributed by atoms with E-state index in [4.69, 9.17) is 5.73 Å². The summed E-state index contributed by atoms with van der Waals surface area (Å²) in [6.07, 6.45) is 6.42. The van der Waals surface area contributed by atoms with Crippen molar-refractivity contribution in [1.29, 1.82) is 0 Å². The first-order valence-electron chi connectivity index (χ1n) is 7.26. The van der Waals surface area contributed by atoms with Gasteiger partial charge in [0.15, 0.2) is 0 Å². The number of nitrogens with one attached hydrogen (secondary N) is 1. The molecule has 0 saturated heterocycles. The number of amides is 1. The van der Waals surface area contributed by atoms with Gasteiger partial charge >= 0.3 is 0 Å². The largest absolute Gasteiger partial charge is 0.351 e. The van der Waals surface area contributed by atoms with Crippen LogP contribution < -0.4 is 11.1 Å². The quantitative estimate of drug-likeness (QED) is 0.761. The summed E-state index contributed by atoms with van der Waals surface area (Å²) in [6, 6.07) is 9.70. The van der Waals surface area contributed by atoms with Gasteiger partial charge in [0, 0.05) is 18.3 Å². The number of hydrogen-bond donors (Lipinski definition) is 2. The SMILES string of the molecule is CSCC[C@H](N)C(=O)NCc1cnn(Cc2ccccc2)c1.Cl. The van der Waals surface area contributed by atoms with E-state index < -0.39 is 6.04 Å². The summed E-state index contributed by atoms with van der Waals surface area (Å²) in [4.78, 5) is 11.8. The Bertz CT molecular complexity index is 591. The fourth-order valence-electron chi connectivity index (χ4n) is 2.05. The number of nitrogens with two attached hydrogens (primary N) is 1. The third kappa shape index (κ3) is 6.64. The molecular weight excluding hydrogens is 332 g/mol. The average Bonchev–Trinajstić information content (AvgIpc) is 2.98. The average molecular weight is 355 g/mol. The minimum atomic E-state index is -0.438. The standard InChI is InChI=1S/C16H22N4OS.ClH/c1-22-8-7-15(17)16(21)18-9-14-10-19-20(12-14)11-13-5-3-2-4-6-13;/h2-6,10,12,15H,7-9,11,17H2,1H3,(H,18,21);1H/t15-;/m0./s1. The highest BCUT2D eigenvalue weighted by Gasteiger charge is 2.12. The third-order valence-corrected chi connectivity index (χ3v) is 3.95. The van der Waals surface area contributed by atoms with Crippen molar-refractivity contribution in [3.05, 3.63) is 53.9 Å². The number of nitrogens with zero attached hydrogens (tertiary/aromatic N) is 2. The van der Waals surface area contributed by atoms with Crippen LogP contribution in [0.25, 0.3) is 0 Å². The van der Waals surface area contributed by atoms with E-state index in [2.05, 4.69) is 22.5 Å². The van der Waals surface area contributed by atoms with Crippen LogP contribution in [0.2, 0.25) is 0 Å². The number of halogens is 1. The van der Waals surface area contributed by atoms with Crippen molar-refractivity contribution in [1.82, 2.24) is 15.1 Å². The smallest absolute Gasteiger partial charge is 0.237 e. The van der Waals surface area contributed by atoms with Crippen molar-refractivity contribution < 1.29 is 4.79 Å². The van der Waals surface area contributed by atoms with Crippen molar-refractivity contribution in [3.8, 4) is 0 Å². The van der Waals surface area contributed by atoms with Gasteiger partial charge in [0.05, 0.1) is 18.8 Å². The highest BCUT2D eigenvalue weighted by molar-refractivity contribution is 7.98. The molecular formula is C16H23ClN4OS. The first kappa shape index (κ1) is 19.5. The van der Waals surface area contributed by atoms with Crippen LogP contribution in [0.5, 0.6) is 0 Å². The van der Waals surface area contributed by atoms with Gasteiger partial charge in [-0.2, -0.15) is 16.9 Å². The number of rotatable bonds is 8. The van der Waals surface area contributed by atoms with E-state index in [9.17, 15) is 4.79 Å². The molecule has 0 spiro atoms. The molecule has 1 atom stereocenters. The summed E-state index contributed by atoms with van der Waals surface area (Å²) in [5.41, 5.74) is 8.00. The summed E-state index contributed by atoms with van der Waals surface area (Å²) < 4.78 is 1.87. The Morgan fingerprint density at radius 3 is 2.78 bits per heavy atom. The lowest BCUT2D eigenvalue weighted by Crippen LogP contribution is -2.40. The molecule has 0 aliphatic rings. The topological polar surface area (TPSA) is 72.9 Å². The Morgan fingerprint density at radius 2 is 2.09 bits per heavy atom. The lowest BCUT2D eigenvalue weighted by molar-refractivity contribution is -0.122. The van der Waals surface area contributed by atoms with E-state index in [0.29, 0.717) is 13.0 Å². The van der Waals surface area contributed by atoms with Gasteiger partial charge in [0.25, 0.3) is 0 Å². The molecule has 0 radical (unpaired) electrons.